The molecule has 1 N–H and O–H groups in total. The molecule has 0 saturated heterocycles. The third-order valence-electron chi connectivity index (χ3n) is 6.11. The zero-order valence-electron chi connectivity index (χ0n) is 20.3. The summed E-state index contributed by atoms with van der Waals surface area (Å²) in [5.74, 6) is -0.412. The van der Waals surface area contributed by atoms with Crippen molar-refractivity contribution in [3.05, 3.63) is 94.2 Å². The fourth-order valence-electron chi connectivity index (χ4n) is 4.13. The third-order valence-corrected chi connectivity index (χ3v) is 6.97. The minimum absolute atomic E-state index is 0.0580. The Labute approximate surface area is 210 Å². The molecule has 36 heavy (non-hydrogen) atoms. The summed E-state index contributed by atoms with van der Waals surface area (Å²) >= 11 is 0. The Kier molecular flexibility index (Phi) is 7.03. The number of carbonyl (C=O) groups excluding carboxylic acids is 3. The number of nitrogens with zero attached hydrogens (tertiary/aromatic N) is 2. The van der Waals surface area contributed by atoms with E-state index >= 15 is 0 Å². The Hall–Kier alpha value is -3.85. The van der Waals surface area contributed by atoms with Crippen molar-refractivity contribution in [3.8, 4) is 0 Å². The van der Waals surface area contributed by atoms with Crippen LogP contribution in [-0.2, 0) is 33.4 Å². The van der Waals surface area contributed by atoms with Crippen molar-refractivity contribution in [1.29, 1.82) is 0 Å². The molecule has 3 aromatic rings. The second-order valence-electron chi connectivity index (χ2n) is 9.19. The first kappa shape index (κ1) is 25.2. The molecule has 2 aromatic carbocycles. The molecule has 1 aromatic heterocycles. The lowest BCUT2D eigenvalue weighted by molar-refractivity contribution is -0.122. The molecular weight excluding hydrogens is 478 g/mol. The maximum absolute atomic E-state index is 13.4. The van der Waals surface area contributed by atoms with Gasteiger partial charge in [-0.1, -0.05) is 30.3 Å². The molecule has 0 aliphatic carbocycles. The number of rotatable bonds is 6. The summed E-state index contributed by atoms with van der Waals surface area (Å²) in [4.78, 5) is 44.5. The van der Waals surface area contributed by atoms with Crippen LogP contribution >= 0.6 is 0 Å². The lowest BCUT2D eigenvalue weighted by Gasteiger charge is -2.26. The van der Waals surface area contributed by atoms with Crippen LogP contribution in [0.4, 0.5) is 5.82 Å². The molecule has 1 atom stereocenters. The number of anilines is 1. The van der Waals surface area contributed by atoms with Crippen LogP contribution in [0.5, 0.6) is 0 Å². The van der Waals surface area contributed by atoms with Crippen LogP contribution < -0.4 is 5.32 Å². The van der Waals surface area contributed by atoms with E-state index in [1.165, 1.54) is 4.90 Å². The van der Waals surface area contributed by atoms with E-state index < -0.39 is 15.9 Å². The summed E-state index contributed by atoms with van der Waals surface area (Å²) in [7, 11) is -3.24. The predicted octanol–water partition coefficient (Wildman–Crippen LogP) is 3.34. The number of benzene rings is 2. The van der Waals surface area contributed by atoms with E-state index in [0.717, 1.165) is 17.4 Å². The van der Waals surface area contributed by atoms with Gasteiger partial charge in [0.05, 0.1) is 11.8 Å². The van der Waals surface area contributed by atoms with Gasteiger partial charge in [-0.2, -0.15) is 0 Å². The Balaban J connectivity index is 1.52. The maximum Gasteiger partial charge on any atom is 0.256 e. The Morgan fingerprint density at radius 3 is 2.39 bits per heavy atom. The zero-order chi connectivity index (χ0) is 26.0. The van der Waals surface area contributed by atoms with Gasteiger partial charge in [0.2, 0.25) is 0 Å². The highest BCUT2D eigenvalue weighted by atomic mass is 32.2. The molecule has 4 rings (SSSR count). The first-order valence-electron chi connectivity index (χ1n) is 11.5. The van der Waals surface area contributed by atoms with Gasteiger partial charge in [0, 0.05) is 36.5 Å². The van der Waals surface area contributed by atoms with Gasteiger partial charge in [-0.15, -0.1) is 0 Å². The summed E-state index contributed by atoms with van der Waals surface area (Å²) in [6.07, 6.45) is 2.87. The molecular formula is C27H27N3O5S. The highest BCUT2D eigenvalue weighted by molar-refractivity contribution is 7.89. The van der Waals surface area contributed by atoms with Crippen LogP contribution in [0, 0.1) is 6.92 Å². The number of ketones is 1. The summed E-state index contributed by atoms with van der Waals surface area (Å²) in [5.41, 5.74) is 3.68. The number of aryl methyl sites for hydroxylation is 1. The van der Waals surface area contributed by atoms with Gasteiger partial charge in [0.15, 0.2) is 15.6 Å². The molecule has 0 saturated carbocycles. The van der Waals surface area contributed by atoms with Crippen molar-refractivity contribution in [2.24, 2.45) is 0 Å². The van der Waals surface area contributed by atoms with Crippen LogP contribution in [0.2, 0.25) is 0 Å². The molecule has 0 spiro atoms. The Morgan fingerprint density at radius 1 is 1.06 bits per heavy atom. The lowest BCUT2D eigenvalue weighted by atomic mass is 10.00. The Morgan fingerprint density at radius 2 is 1.75 bits per heavy atom. The molecule has 8 nitrogen and oxygen atoms in total. The van der Waals surface area contributed by atoms with Crippen LogP contribution in [0.3, 0.4) is 0 Å². The number of aromatic nitrogens is 1. The van der Waals surface area contributed by atoms with E-state index in [4.69, 9.17) is 0 Å². The lowest BCUT2D eigenvalue weighted by Crippen LogP contribution is -2.41. The summed E-state index contributed by atoms with van der Waals surface area (Å²) < 4.78 is 23.3. The van der Waals surface area contributed by atoms with E-state index in [-0.39, 0.29) is 36.3 Å². The first-order valence-corrected chi connectivity index (χ1v) is 13.5. The molecule has 0 radical (unpaired) electrons. The molecule has 9 heteroatoms. The summed E-state index contributed by atoms with van der Waals surface area (Å²) in [6.45, 7) is 3.80. The van der Waals surface area contributed by atoms with Crippen LogP contribution in [-0.4, -0.2) is 48.2 Å². The second-order valence-corrected chi connectivity index (χ2v) is 11.3. The topological polar surface area (TPSA) is 114 Å². The molecule has 186 valence electrons. The highest BCUT2D eigenvalue weighted by Gasteiger charge is 2.32. The van der Waals surface area contributed by atoms with Crippen molar-refractivity contribution in [2.75, 3.05) is 11.6 Å². The van der Waals surface area contributed by atoms with Gasteiger partial charge in [0.25, 0.3) is 11.8 Å². The molecule has 0 fully saturated rings. The van der Waals surface area contributed by atoms with E-state index in [9.17, 15) is 22.8 Å². The Bertz CT molecular complexity index is 1430. The predicted molar refractivity (Wildman–Crippen MR) is 136 cm³/mol. The van der Waals surface area contributed by atoms with Gasteiger partial charge in [-0.25, -0.2) is 13.4 Å². The number of Topliss-reactive ketones (excluding diaryl/α,β-unsaturated/α-hetero) is 1. The third kappa shape index (κ3) is 5.85. The minimum atomic E-state index is -3.24. The summed E-state index contributed by atoms with van der Waals surface area (Å²) in [5, 5.41) is 2.75. The van der Waals surface area contributed by atoms with E-state index in [1.54, 1.807) is 61.7 Å². The first-order chi connectivity index (χ1) is 17.0. The van der Waals surface area contributed by atoms with Crippen molar-refractivity contribution in [3.63, 3.8) is 0 Å². The standard InChI is InChI=1S/C27H27N3O5S/c1-17-4-11-25(28-14-17)29-26(32)21-8-5-19(6-9-21)15-30-18(2)24(31)13-22-12-20(16-36(3,34)35)7-10-23(22)27(30)33/h4-12,14,18H,13,15-16H2,1-3H3,(H,28,29,32)/t18-/m1/s1. The van der Waals surface area contributed by atoms with Gasteiger partial charge < -0.3 is 10.2 Å². The average Bonchev–Trinajstić information content (AvgIpc) is 2.90. The van der Waals surface area contributed by atoms with Crippen LogP contribution in [0.25, 0.3) is 0 Å². The maximum atomic E-state index is 13.4. The number of amides is 2. The number of pyridine rings is 1. The largest absolute Gasteiger partial charge is 0.325 e. The van der Waals surface area contributed by atoms with E-state index in [2.05, 4.69) is 10.3 Å². The SMILES string of the molecule is Cc1ccc(NC(=O)c2ccc(CN3C(=O)c4ccc(CS(C)(=O)=O)cc4CC(=O)[C@H]3C)cc2)nc1. The molecule has 0 unspecified atom stereocenters. The molecule has 1 aliphatic rings. The molecule has 1 aliphatic heterocycles. The number of fused-ring (bicyclic) bond motifs is 1. The number of hydrogen-bond donors (Lipinski definition) is 1. The second kappa shape index (κ2) is 10.0. The molecule has 0 bridgehead atoms. The van der Waals surface area contributed by atoms with Crippen molar-refractivity contribution >= 4 is 33.3 Å². The smallest absolute Gasteiger partial charge is 0.256 e. The van der Waals surface area contributed by atoms with Crippen molar-refractivity contribution < 1.29 is 22.8 Å². The van der Waals surface area contributed by atoms with Gasteiger partial charge in [0.1, 0.15) is 5.82 Å². The van der Waals surface area contributed by atoms with Crippen molar-refractivity contribution in [2.45, 2.75) is 38.6 Å². The summed E-state index contributed by atoms with van der Waals surface area (Å²) in [6, 6.07) is 14.6. The normalized spacial score (nSPS) is 15.9. The van der Waals surface area contributed by atoms with E-state index in [0.29, 0.717) is 28.1 Å². The number of nitrogens with one attached hydrogen (secondary N) is 1. The monoisotopic (exact) mass is 505 g/mol. The van der Waals surface area contributed by atoms with Crippen LogP contribution in [0.15, 0.2) is 60.8 Å². The minimum Gasteiger partial charge on any atom is -0.325 e. The average molecular weight is 506 g/mol. The fourth-order valence-corrected chi connectivity index (χ4v) is 4.92. The van der Waals surface area contributed by atoms with Crippen LogP contribution in [0.1, 0.15) is 49.9 Å². The van der Waals surface area contributed by atoms with E-state index in [1.807, 2.05) is 13.0 Å². The number of carbonyl (C=O) groups is 3. The fraction of sp³-hybridized carbons (Fsp3) is 0.259. The van der Waals surface area contributed by atoms with Crippen molar-refractivity contribution in [1.82, 2.24) is 9.88 Å². The zero-order valence-corrected chi connectivity index (χ0v) is 21.1. The van der Waals surface area contributed by atoms with Gasteiger partial charge in [-0.05, 0) is 60.4 Å². The molecule has 2 amide bonds. The highest BCUT2D eigenvalue weighted by Crippen LogP contribution is 2.25. The quantitative estimate of drug-likeness (QED) is 0.550. The van der Waals surface area contributed by atoms with Gasteiger partial charge in [-0.3, -0.25) is 14.4 Å². The number of hydrogen-bond acceptors (Lipinski definition) is 6. The molecule has 2 heterocycles. The van der Waals surface area contributed by atoms with Gasteiger partial charge >= 0.3 is 0 Å². The number of sulfone groups is 1.